The van der Waals surface area contributed by atoms with E-state index in [9.17, 15) is 18.0 Å². The minimum absolute atomic E-state index is 0.0627. The van der Waals surface area contributed by atoms with Gasteiger partial charge < -0.3 is 5.32 Å². The Morgan fingerprint density at radius 3 is 2.22 bits per heavy atom. The van der Waals surface area contributed by atoms with E-state index in [2.05, 4.69) is 20.3 Å². The number of carbonyl (C=O) groups is 1. The van der Waals surface area contributed by atoms with E-state index in [1.54, 1.807) is 24.5 Å². The van der Waals surface area contributed by atoms with Gasteiger partial charge in [-0.05, 0) is 29.8 Å². The van der Waals surface area contributed by atoms with Gasteiger partial charge >= 0.3 is 6.18 Å². The molecular weight excluding hydrogens is 417 g/mol. The highest BCUT2D eigenvalue weighted by Gasteiger charge is 2.29. The first-order valence-corrected chi connectivity index (χ1v) is 9.69. The van der Waals surface area contributed by atoms with E-state index in [0.29, 0.717) is 22.6 Å². The fourth-order valence-electron chi connectivity index (χ4n) is 3.09. The highest BCUT2D eigenvalue weighted by Crippen LogP contribution is 2.29. The van der Waals surface area contributed by atoms with Crippen LogP contribution in [-0.2, 0) is 12.7 Å². The van der Waals surface area contributed by atoms with Crippen LogP contribution in [0.25, 0.3) is 22.6 Å². The number of alkyl halides is 3. The van der Waals surface area contributed by atoms with E-state index in [1.807, 2.05) is 30.3 Å². The van der Waals surface area contributed by atoms with Crippen LogP contribution in [0.2, 0.25) is 0 Å². The molecule has 2 aromatic carbocycles. The average molecular weight is 434 g/mol. The van der Waals surface area contributed by atoms with Crippen molar-refractivity contribution in [3.05, 3.63) is 102 Å². The molecule has 0 unspecified atom stereocenters. The molecule has 0 radical (unpaired) electrons. The summed E-state index contributed by atoms with van der Waals surface area (Å²) >= 11 is 0. The van der Waals surface area contributed by atoms with Crippen molar-refractivity contribution in [2.75, 3.05) is 0 Å². The average Bonchev–Trinajstić information content (AvgIpc) is 2.83. The number of amides is 1. The third kappa shape index (κ3) is 4.80. The number of nitrogens with zero attached hydrogens (tertiary/aromatic N) is 3. The first-order chi connectivity index (χ1) is 15.4. The van der Waals surface area contributed by atoms with Crippen LogP contribution in [0.3, 0.4) is 0 Å². The topological polar surface area (TPSA) is 67.8 Å². The van der Waals surface area contributed by atoms with Crippen molar-refractivity contribution in [3.8, 4) is 22.6 Å². The fraction of sp³-hybridized carbons (Fsp3) is 0.0833. The van der Waals surface area contributed by atoms with Crippen LogP contribution in [0.5, 0.6) is 0 Å². The van der Waals surface area contributed by atoms with Crippen molar-refractivity contribution in [2.24, 2.45) is 0 Å². The molecule has 8 heteroatoms. The van der Waals surface area contributed by atoms with E-state index in [-0.39, 0.29) is 12.1 Å². The van der Waals surface area contributed by atoms with Gasteiger partial charge in [-0.25, -0.2) is 9.97 Å². The highest BCUT2D eigenvalue weighted by molar-refractivity contribution is 5.99. The van der Waals surface area contributed by atoms with Crippen LogP contribution in [0.15, 0.2) is 85.3 Å². The summed E-state index contributed by atoms with van der Waals surface area (Å²) in [5, 5.41) is 2.73. The lowest BCUT2D eigenvalue weighted by atomic mass is 10.1. The van der Waals surface area contributed by atoms with Crippen LogP contribution in [0, 0.1) is 0 Å². The molecule has 0 aliphatic heterocycles. The molecule has 2 heterocycles. The second kappa shape index (κ2) is 8.97. The van der Waals surface area contributed by atoms with Gasteiger partial charge in [0, 0.05) is 36.3 Å². The van der Waals surface area contributed by atoms with Crippen molar-refractivity contribution in [1.82, 2.24) is 20.3 Å². The Hall–Kier alpha value is -4.07. The molecule has 0 spiro atoms. The number of nitrogens with one attached hydrogen (secondary N) is 1. The van der Waals surface area contributed by atoms with Gasteiger partial charge in [0.1, 0.15) is 0 Å². The van der Waals surface area contributed by atoms with Crippen LogP contribution in [-0.4, -0.2) is 20.9 Å². The normalized spacial score (nSPS) is 11.2. The molecule has 32 heavy (non-hydrogen) atoms. The molecule has 4 aromatic rings. The van der Waals surface area contributed by atoms with E-state index in [1.165, 1.54) is 18.3 Å². The van der Waals surface area contributed by atoms with Gasteiger partial charge in [-0.15, -0.1) is 0 Å². The Balaban J connectivity index is 1.60. The van der Waals surface area contributed by atoms with Crippen molar-refractivity contribution >= 4 is 5.91 Å². The molecule has 1 amide bonds. The molecule has 0 atom stereocenters. The molecule has 1 N–H and O–H groups in total. The van der Waals surface area contributed by atoms with Crippen LogP contribution >= 0.6 is 0 Å². The van der Waals surface area contributed by atoms with Gasteiger partial charge in [-0.3, -0.25) is 9.78 Å². The Bertz CT molecular complexity index is 1210. The van der Waals surface area contributed by atoms with Gasteiger partial charge in [0.05, 0.1) is 16.8 Å². The largest absolute Gasteiger partial charge is 0.416 e. The monoisotopic (exact) mass is 434 g/mol. The molecule has 0 fully saturated rings. The number of aromatic nitrogens is 3. The Morgan fingerprint density at radius 2 is 1.56 bits per heavy atom. The minimum Gasteiger partial charge on any atom is -0.348 e. The summed E-state index contributed by atoms with van der Waals surface area (Å²) in [5.41, 5.74) is 1.99. The van der Waals surface area contributed by atoms with E-state index < -0.39 is 17.6 Å². The number of rotatable bonds is 5. The minimum atomic E-state index is -4.40. The molecule has 0 bridgehead atoms. The fourth-order valence-corrected chi connectivity index (χ4v) is 3.09. The third-order valence-electron chi connectivity index (χ3n) is 4.75. The maximum Gasteiger partial charge on any atom is 0.416 e. The summed E-state index contributed by atoms with van der Waals surface area (Å²) < 4.78 is 38.2. The predicted octanol–water partition coefficient (Wildman–Crippen LogP) is 5.15. The smallest absolute Gasteiger partial charge is 0.348 e. The zero-order valence-electron chi connectivity index (χ0n) is 16.7. The lowest BCUT2D eigenvalue weighted by Gasteiger charge is -2.12. The summed E-state index contributed by atoms with van der Waals surface area (Å²) in [6.45, 7) is 0.0627. The van der Waals surface area contributed by atoms with Gasteiger partial charge in [0.25, 0.3) is 5.91 Å². The van der Waals surface area contributed by atoms with Crippen molar-refractivity contribution < 1.29 is 18.0 Å². The second-order valence-electron chi connectivity index (χ2n) is 6.94. The lowest BCUT2D eigenvalue weighted by Crippen LogP contribution is -2.24. The highest BCUT2D eigenvalue weighted by atomic mass is 19.4. The molecule has 0 aliphatic rings. The number of carbonyl (C=O) groups excluding carboxylic acids is 1. The van der Waals surface area contributed by atoms with E-state index in [0.717, 1.165) is 17.7 Å². The molecule has 0 saturated carbocycles. The van der Waals surface area contributed by atoms with E-state index in [4.69, 9.17) is 0 Å². The predicted molar refractivity (Wildman–Crippen MR) is 113 cm³/mol. The van der Waals surface area contributed by atoms with Gasteiger partial charge in [0.15, 0.2) is 5.82 Å². The number of hydrogen-bond donors (Lipinski definition) is 1. The summed E-state index contributed by atoms with van der Waals surface area (Å²) in [4.78, 5) is 25.8. The Kier molecular flexibility index (Phi) is 5.93. The third-order valence-corrected chi connectivity index (χ3v) is 4.75. The van der Waals surface area contributed by atoms with E-state index >= 15 is 0 Å². The first-order valence-electron chi connectivity index (χ1n) is 9.69. The number of halogens is 3. The molecule has 5 nitrogen and oxygen atoms in total. The van der Waals surface area contributed by atoms with Crippen LogP contribution in [0.4, 0.5) is 13.2 Å². The number of pyridine rings is 1. The second-order valence-corrected chi connectivity index (χ2v) is 6.94. The molecule has 0 aliphatic carbocycles. The maximum atomic E-state index is 12.9. The summed E-state index contributed by atoms with van der Waals surface area (Å²) in [6.07, 6.45) is 0.249. The quantitative estimate of drug-likeness (QED) is 0.472. The summed E-state index contributed by atoms with van der Waals surface area (Å²) in [5.74, 6) is 0.0352. The SMILES string of the molecule is O=C(NCc1ccc(C(F)(F)F)cc1)c1cnc(-c2ccccc2)nc1-c1ccncc1. The van der Waals surface area contributed by atoms with Crippen LogP contribution in [0.1, 0.15) is 21.5 Å². The molecular formula is C24H17F3N4O. The van der Waals surface area contributed by atoms with Crippen molar-refractivity contribution in [1.29, 1.82) is 0 Å². The Labute approximate surface area is 182 Å². The summed E-state index contributed by atoms with van der Waals surface area (Å²) in [7, 11) is 0. The number of benzene rings is 2. The van der Waals surface area contributed by atoms with Gasteiger partial charge in [-0.1, -0.05) is 42.5 Å². The Morgan fingerprint density at radius 1 is 0.875 bits per heavy atom. The molecule has 0 saturated heterocycles. The zero-order valence-corrected chi connectivity index (χ0v) is 16.7. The standard InChI is InChI=1S/C24H17F3N4O/c25-24(26,27)19-8-6-16(7-9-19)14-30-23(32)20-15-29-22(18-4-2-1-3-5-18)31-21(20)17-10-12-28-13-11-17/h1-13,15H,14H2,(H,30,32). The number of hydrogen-bond acceptors (Lipinski definition) is 4. The van der Waals surface area contributed by atoms with Crippen LogP contribution < -0.4 is 5.32 Å². The lowest BCUT2D eigenvalue weighted by molar-refractivity contribution is -0.137. The van der Waals surface area contributed by atoms with Gasteiger partial charge in [0.2, 0.25) is 0 Å². The first kappa shape index (κ1) is 21.2. The molecule has 2 aromatic heterocycles. The maximum absolute atomic E-state index is 12.9. The zero-order chi connectivity index (χ0) is 22.6. The van der Waals surface area contributed by atoms with Crippen molar-refractivity contribution in [3.63, 3.8) is 0 Å². The van der Waals surface area contributed by atoms with Crippen molar-refractivity contribution in [2.45, 2.75) is 12.7 Å². The molecule has 160 valence electrons. The summed E-state index contributed by atoms with van der Waals surface area (Å²) in [6, 6.07) is 17.5. The van der Waals surface area contributed by atoms with Gasteiger partial charge in [-0.2, -0.15) is 13.2 Å². The molecule has 4 rings (SSSR count).